The van der Waals surface area contributed by atoms with Crippen LogP contribution in [0.3, 0.4) is 0 Å². The highest BCUT2D eigenvalue weighted by Gasteiger charge is 2.07. The Labute approximate surface area is 116 Å². The van der Waals surface area contributed by atoms with Crippen LogP contribution in [0.15, 0.2) is 42.6 Å². The van der Waals surface area contributed by atoms with E-state index in [4.69, 9.17) is 10.5 Å². The Morgan fingerprint density at radius 2 is 2.10 bits per heavy atom. The molecule has 1 N–H and O–H groups in total. The SMILES string of the molecule is N#CCc1cc(C(=O)Nc2cccc(C#N)c2)ccn1. The van der Waals surface area contributed by atoms with Gasteiger partial charge < -0.3 is 5.32 Å². The predicted octanol–water partition coefficient (Wildman–Crippen LogP) is 2.27. The van der Waals surface area contributed by atoms with E-state index in [1.165, 1.54) is 6.20 Å². The normalized spacial score (nSPS) is 9.30. The maximum Gasteiger partial charge on any atom is 0.255 e. The zero-order chi connectivity index (χ0) is 14.4. The minimum absolute atomic E-state index is 0.158. The van der Waals surface area contributed by atoms with E-state index < -0.39 is 0 Å². The molecular formula is C15H10N4O. The number of anilines is 1. The maximum absolute atomic E-state index is 12.1. The third kappa shape index (κ3) is 3.18. The van der Waals surface area contributed by atoms with Gasteiger partial charge in [-0.1, -0.05) is 6.07 Å². The van der Waals surface area contributed by atoms with Gasteiger partial charge in [0.1, 0.15) is 0 Å². The Bertz CT molecular complexity index is 725. The summed E-state index contributed by atoms with van der Waals surface area (Å²) in [7, 11) is 0. The van der Waals surface area contributed by atoms with Crippen LogP contribution in [-0.2, 0) is 6.42 Å². The third-order valence-corrected chi connectivity index (χ3v) is 2.59. The standard InChI is InChI=1S/C15H10N4O/c16-6-4-13-9-12(5-7-18-13)15(20)19-14-3-1-2-11(8-14)10-17/h1-3,5,7-9H,4H2,(H,19,20). The van der Waals surface area contributed by atoms with E-state index in [0.29, 0.717) is 22.5 Å². The van der Waals surface area contributed by atoms with Crippen molar-refractivity contribution < 1.29 is 4.79 Å². The van der Waals surface area contributed by atoms with Gasteiger partial charge in [0.2, 0.25) is 0 Å². The van der Waals surface area contributed by atoms with E-state index in [9.17, 15) is 4.79 Å². The molecule has 20 heavy (non-hydrogen) atoms. The Hall–Kier alpha value is -3.18. The summed E-state index contributed by atoms with van der Waals surface area (Å²) in [5.41, 5.74) is 1.99. The average Bonchev–Trinajstić information content (AvgIpc) is 2.48. The van der Waals surface area contributed by atoms with Gasteiger partial charge in [-0.3, -0.25) is 9.78 Å². The number of pyridine rings is 1. The fourth-order valence-electron chi connectivity index (χ4n) is 1.67. The molecule has 5 nitrogen and oxygen atoms in total. The lowest BCUT2D eigenvalue weighted by Crippen LogP contribution is -2.12. The first-order valence-electron chi connectivity index (χ1n) is 5.86. The molecule has 1 amide bonds. The molecule has 0 saturated carbocycles. The highest BCUT2D eigenvalue weighted by molar-refractivity contribution is 6.04. The number of amides is 1. The van der Waals surface area contributed by atoms with E-state index in [1.807, 2.05) is 12.1 Å². The van der Waals surface area contributed by atoms with Gasteiger partial charge in [-0.15, -0.1) is 0 Å². The molecule has 0 aliphatic rings. The lowest BCUT2D eigenvalue weighted by Gasteiger charge is -2.06. The number of hydrogen-bond donors (Lipinski definition) is 1. The molecular weight excluding hydrogens is 252 g/mol. The van der Waals surface area contributed by atoms with Gasteiger partial charge in [0.25, 0.3) is 5.91 Å². The van der Waals surface area contributed by atoms with Crippen LogP contribution in [0.2, 0.25) is 0 Å². The number of nitrogens with zero attached hydrogens (tertiary/aromatic N) is 3. The van der Waals surface area contributed by atoms with Crippen molar-refractivity contribution in [3.05, 3.63) is 59.4 Å². The first kappa shape index (κ1) is 13.3. The zero-order valence-electron chi connectivity index (χ0n) is 10.5. The number of aromatic nitrogens is 1. The second kappa shape index (κ2) is 6.12. The number of nitrogens with one attached hydrogen (secondary N) is 1. The van der Waals surface area contributed by atoms with Crippen LogP contribution in [0.4, 0.5) is 5.69 Å². The van der Waals surface area contributed by atoms with Crippen LogP contribution in [0, 0.1) is 22.7 Å². The quantitative estimate of drug-likeness (QED) is 0.918. The zero-order valence-corrected chi connectivity index (χ0v) is 10.5. The van der Waals surface area contributed by atoms with E-state index in [2.05, 4.69) is 10.3 Å². The Kier molecular flexibility index (Phi) is 4.06. The lowest BCUT2D eigenvalue weighted by molar-refractivity contribution is 0.102. The molecule has 2 aromatic rings. The fourth-order valence-corrected chi connectivity index (χ4v) is 1.67. The molecule has 0 unspecified atom stereocenters. The molecule has 0 atom stereocenters. The van der Waals surface area contributed by atoms with Gasteiger partial charge in [-0.2, -0.15) is 10.5 Å². The van der Waals surface area contributed by atoms with Crippen molar-refractivity contribution in [3.63, 3.8) is 0 Å². The van der Waals surface area contributed by atoms with Crippen molar-refractivity contribution in [2.45, 2.75) is 6.42 Å². The summed E-state index contributed by atoms with van der Waals surface area (Å²) in [6.45, 7) is 0. The van der Waals surface area contributed by atoms with Gasteiger partial charge in [0.15, 0.2) is 0 Å². The highest BCUT2D eigenvalue weighted by Crippen LogP contribution is 2.12. The molecule has 0 radical (unpaired) electrons. The van der Waals surface area contributed by atoms with E-state index in [-0.39, 0.29) is 12.3 Å². The molecule has 0 bridgehead atoms. The van der Waals surface area contributed by atoms with Crippen LogP contribution in [0.1, 0.15) is 21.6 Å². The predicted molar refractivity (Wildman–Crippen MR) is 72.7 cm³/mol. The van der Waals surface area contributed by atoms with Gasteiger partial charge in [-0.25, -0.2) is 0 Å². The highest BCUT2D eigenvalue weighted by atomic mass is 16.1. The smallest absolute Gasteiger partial charge is 0.255 e. The van der Waals surface area contributed by atoms with Crippen LogP contribution in [-0.4, -0.2) is 10.9 Å². The summed E-state index contributed by atoms with van der Waals surface area (Å²) < 4.78 is 0. The van der Waals surface area contributed by atoms with E-state index >= 15 is 0 Å². The monoisotopic (exact) mass is 262 g/mol. The molecule has 1 aromatic heterocycles. The molecule has 0 aliphatic carbocycles. The van der Waals surface area contributed by atoms with E-state index in [0.717, 1.165) is 0 Å². The first-order chi connectivity index (χ1) is 9.72. The fraction of sp³-hybridized carbons (Fsp3) is 0.0667. The Morgan fingerprint density at radius 3 is 2.85 bits per heavy atom. The molecule has 1 heterocycles. The molecule has 0 aliphatic heterocycles. The molecule has 2 rings (SSSR count). The number of nitriles is 2. The molecule has 0 fully saturated rings. The largest absolute Gasteiger partial charge is 0.322 e. The Morgan fingerprint density at radius 1 is 1.25 bits per heavy atom. The molecule has 0 spiro atoms. The minimum Gasteiger partial charge on any atom is -0.322 e. The first-order valence-corrected chi connectivity index (χ1v) is 5.86. The summed E-state index contributed by atoms with van der Waals surface area (Å²) in [6.07, 6.45) is 1.65. The second-order valence-electron chi connectivity index (χ2n) is 4.02. The van der Waals surface area contributed by atoms with Crippen molar-refractivity contribution in [2.75, 3.05) is 5.32 Å². The number of benzene rings is 1. The van der Waals surface area contributed by atoms with Crippen molar-refractivity contribution in [1.82, 2.24) is 4.98 Å². The number of carbonyl (C=O) groups excluding carboxylic acids is 1. The Balaban J connectivity index is 2.18. The van der Waals surface area contributed by atoms with Crippen LogP contribution in [0.5, 0.6) is 0 Å². The van der Waals surface area contributed by atoms with Crippen LogP contribution < -0.4 is 5.32 Å². The van der Waals surface area contributed by atoms with E-state index in [1.54, 1.807) is 36.4 Å². The molecule has 96 valence electrons. The third-order valence-electron chi connectivity index (χ3n) is 2.59. The van der Waals surface area contributed by atoms with Crippen molar-refractivity contribution in [1.29, 1.82) is 10.5 Å². The van der Waals surface area contributed by atoms with Gasteiger partial charge in [0.05, 0.1) is 29.8 Å². The summed E-state index contributed by atoms with van der Waals surface area (Å²) in [5, 5.41) is 20.1. The number of carbonyl (C=O) groups is 1. The maximum atomic E-state index is 12.1. The van der Waals surface area contributed by atoms with Crippen LogP contribution in [0.25, 0.3) is 0 Å². The lowest BCUT2D eigenvalue weighted by atomic mass is 10.1. The topological polar surface area (TPSA) is 89.6 Å². The number of hydrogen-bond acceptors (Lipinski definition) is 4. The van der Waals surface area contributed by atoms with Crippen molar-refractivity contribution in [2.24, 2.45) is 0 Å². The average molecular weight is 262 g/mol. The van der Waals surface area contributed by atoms with Crippen LogP contribution >= 0.6 is 0 Å². The molecule has 5 heteroatoms. The molecule has 1 aromatic carbocycles. The van der Waals surface area contributed by atoms with Gasteiger partial charge in [-0.05, 0) is 30.3 Å². The van der Waals surface area contributed by atoms with Crippen molar-refractivity contribution >= 4 is 11.6 Å². The summed E-state index contributed by atoms with van der Waals surface area (Å²) in [6, 6.07) is 13.8. The van der Waals surface area contributed by atoms with Gasteiger partial charge in [0, 0.05) is 17.4 Å². The minimum atomic E-state index is -0.304. The summed E-state index contributed by atoms with van der Waals surface area (Å²) in [5.74, 6) is -0.304. The van der Waals surface area contributed by atoms with Gasteiger partial charge >= 0.3 is 0 Å². The second-order valence-corrected chi connectivity index (χ2v) is 4.02. The summed E-state index contributed by atoms with van der Waals surface area (Å²) >= 11 is 0. The summed E-state index contributed by atoms with van der Waals surface area (Å²) in [4.78, 5) is 16.1. The molecule has 0 saturated heterocycles. The van der Waals surface area contributed by atoms with Crippen molar-refractivity contribution in [3.8, 4) is 12.1 Å². The number of rotatable bonds is 3.